The Morgan fingerprint density at radius 3 is 2.88 bits per heavy atom. The van der Waals surface area contributed by atoms with Gasteiger partial charge >= 0.3 is 6.09 Å². The van der Waals surface area contributed by atoms with E-state index in [-0.39, 0.29) is 6.04 Å². The topological polar surface area (TPSA) is 70.9 Å². The van der Waals surface area contributed by atoms with Gasteiger partial charge in [0.25, 0.3) is 0 Å². The zero-order chi connectivity index (χ0) is 11.4. The van der Waals surface area contributed by atoms with Gasteiger partial charge in [-0.15, -0.1) is 11.3 Å². The van der Waals surface area contributed by atoms with Crippen LogP contribution in [0.4, 0.5) is 4.79 Å². The molecule has 3 rings (SSSR count). The standard InChI is InChI=1S/C8H4I2N2O3S/c9-6-1-2(7(10)16-6)4(12-14)5-3(1)11-8(13)15-5/h3,5,14H,(H,11,13). The minimum atomic E-state index is -0.488. The predicted molar refractivity (Wildman–Crippen MR) is 74.2 cm³/mol. The lowest BCUT2D eigenvalue weighted by molar-refractivity contribution is 0.160. The fraction of sp³-hybridized carbons (Fsp3) is 0.250. The summed E-state index contributed by atoms with van der Waals surface area (Å²) in [6.07, 6.45) is -0.947. The zero-order valence-corrected chi connectivity index (χ0v) is 12.7. The number of carbonyl (C=O) groups is 1. The molecule has 1 amide bonds. The first-order valence-electron chi connectivity index (χ1n) is 4.30. The summed E-state index contributed by atoms with van der Waals surface area (Å²) >= 11 is 6.05. The average Bonchev–Trinajstić information content (AvgIpc) is 2.78. The Labute approximate surface area is 122 Å². The van der Waals surface area contributed by atoms with E-state index < -0.39 is 12.2 Å². The third kappa shape index (κ3) is 1.32. The third-order valence-corrected chi connectivity index (χ3v) is 5.84. The number of nitrogens with one attached hydrogen (secondary N) is 1. The maximum Gasteiger partial charge on any atom is 0.408 e. The van der Waals surface area contributed by atoms with Crippen LogP contribution in [0.15, 0.2) is 5.16 Å². The van der Waals surface area contributed by atoms with E-state index in [2.05, 4.69) is 55.7 Å². The molecule has 0 spiro atoms. The minimum Gasteiger partial charge on any atom is -0.437 e. The lowest BCUT2D eigenvalue weighted by atomic mass is 10.2. The summed E-state index contributed by atoms with van der Waals surface area (Å²) in [7, 11) is 0. The van der Waals surface area contributed by atoms with Crippen molar-refractivity contribution in [3.63, 3.8) is 0 Å². The van der Waals surface area contributed by atoms with E-state index >= 15 is 0 Å². The quantitative estimate of drug-likeness (QED) is 0.354. The van der Waals surface area contributed by atoms with E-state index in [4.69, 9.17) is 9.94 Å². The number of alkyl carbamates (subject to hydrolysis) is 1. The average molecular weight is 462 g/mol. The van der Waals surface area contributed by atoms with Gasteiger partial charge in [0.15, 0.2) is 6.10 Å². The fourth-order valence-electron chi connectivity index (χ4n) is 2.01. The van der Waals surface area contributed by atoms with Crippen LogP contribution < -0.4 is 5.32 Å². The summed E-state index contributed by atoms with van der Waals surface area (Å²) in [4.78, 5) is 11.2. The van der Waals surface area contributed by atoms with Gasteiger partial charge in [0.05, 0.1) is 5.77 Å². The molecule has 0 radical (unpaired) electrons. The summed E-state index contributed by atoms with van der Waals surface area (Å²) in [6, 6.07) is -0.208. The van der Waals surface area contributed by atoms with Gasteiger partial charge in [-0.05, 0) is 45.2 Å². The van der Waals surface area contributed by atoms with Crippen LogP contribution in [0, 0.1) is 5.77 Å². The van der Waals surface area contributed by atoms with E-state index in [1.807, 2.05) is 0 Å². The molecular weight excluding hydrogens is 458 g/mol. The van der Waals surface area contributed by atoms with Gasteiger partial charge < -0.3 is 15.3 Å². The lowest BCUT2D eigenvalue weighted by Gasteiger charge is -2.06. The molecule has 1 aromatic heterocycles. The molecule has 1 fully saturated rings. The van der Waals surface area contributed by atoms with Gasteiger partial charge in [-0.25, -0.2) is 4.79 Å². The normalized spacial score (nSPS) is 28.9. The van der Waals surface area contributed by atoms with Crippen LogP contribution in [0.5, 0.6) is 0 Å². The number of oxime groups is 1. The SMILES string of the molecule is O=C1NC2c3c(I)sc(I)c3C(=NO)C2O1. The second-order valence-corrected chi connectivity index (χ2v) is 8.01. The number of hydrogen-bond acceptors (Lipinski definition) is 5. The number of ether oxygens (including phenoxy) is 1. The highest BCUT2D eigenvalue weighted by atomic mass is 127. The van der Waals surface area contributed by atoms with Crippen LogP contribution in [0.3, 0.4) is 0 Å². The number of rotatable bonds is 0. The number of amides is 1. The molecule has 1 aliphatic carbocycles. The highest BCUT2D eigenvalue weighted by Crippen LogP contribution is 2.45. The van der Waals surface area contributed by atoms with Crippen LogP contribution in [-0.4, -0.2) is 23.1 Å². The number of halogens is 2. The van der Waals surface area contributed by atoms with Crippen molar-refractivity contribution in [1.29, 1.82) is 0 Å². The van der Waals surface area contributed by atoms with Crippen molar-refractivity contribution in [3.05, 3.63) is 16.9 Å². The van der Waals surface area contributed by atoms with Crippen LogP contribution in [-0.2, 0) is 4.74 Å². The Morgan fingerprint density at radius 2 is 2.19 bits per heavy atom. The maximum atomic E-state index is 11.2. The minimum absolute atomic E-state index is 0.208. The van der Waals surface area contributed by atoms with Crippen LogP contribution in [0.1, 0.15) is 17.2 Å². The molecule has 2 aliphatic rings. The summed E-state index contributed by atoms with van der Waals surface area (Å²) in [5, 5.41) is 15.1. The molecule has 0 aromatic carbocycles. The Hall–Kier alpha value is -0.100. The van der Waals surface area contributed by atoms with E-state index in [0.29, 0.717) is 5.71 Å². The number of thiophene rings is 1. The van der Waals surface area contributed by atoms with E-state index in [0.717, 1.165) is 16.9 Å². The molecule has 0 bridgehead atoms. The summed E-state index contributed by atoms with van der Waals surface area (Å²) in [5.41, 5.74) is 2.37. The van der Waals surface area contributed by atoms with Crippen molar-refractivity contribution >= 4 is 68.3 Å². The third-order valence-electron chi connectivity index (χ3n) is 2.61. The first-order chi connectivity index (χ1) is 7.63. The molecule has 84 valence electrons. The molecule has 2 heterocycles. The first-order valence-corrected chi connectivity index (χ1v) is 7.28. The van der Waals surface area contributed by atoms with Crippen molar-refractivity contribution in [2.24, 2.45) is 5.16 Å². The van der Waals surface area contributed by atoms with E-state index in [1.165, 1.54) is 0 Å². The second kappa shape index (κ2) is 3.70. The molecule has 1 aliphatic heterocycles. The van der Waals surface area contributed by atoms with E-state index in [1.54, 1.807) is 11.3 Å². The van der Waals surface area contributed by atoms with Crippen LogP contribution >= 0.6 is 56.5 Å². The van der Waals surface area contributed by atoms with Gasteiger partial charge in [0.2, 0.25) is 0 Å². The number of fused-ring (bicyclic) bond motifs is 3. The fourth-order valence-corrected chi connectivity index (χ4v) is 6.58. The Balaban J connectivity index is 2.23. The smallest absolute Gasteiger partial charge is 0.408 e. The van der Waals surface area contributed by atoms with Gasteiger partial charge in [-0.1, -0.05) is 5.16 Å². The second-order valence-electron chi connectivity index (χ2n) is 3.37. The molecule has 2 N–H and O–H groups in total. The molecule has 0 saturated carbocycles. The van der Waals surface area contributed by atoms with Gasteiger partial charge in [0.1, 0.15) is 11.8 Å². The molecule has 2 unspecified atom stereocenters. The summed E-state index contributed by atoms with van der Waals surface area (Å²) < 4.78 is 7.24. The first kappa shape index (κ1) is 11.0. The van der Waals surface area contributed by atoms with Crippen molar-refractivity contribution in [3.8, 4) is 0 Å². The van der Waals surface area contributed by atoms with Crippen molar-refractivity contribution in [1.82, 2.24) is 5.32 Å². The summed E-state index contributed by atoms with van der Waals surface area (Å²) in [6.45, 7) is 0. The highest BCUT2D eigenvalue weighted by molar-refractivity contribution is 14.1. The van der Waals surface area contributed by atoms with E-state index in [9.17, 15) is 4.79 Å². The molecule has 5 nitrogen and oxygen atoms in total. The molecule has 2 atom stereocenters. The Kier molecular flexibility index (Phi) is 2.55. The Bertz CT molecular complexity index is 528. The lowest BCUT2D eigenvalue weighted by Crippen LogP contribution is -2.22. The number of hydrogen-bond donors (Lipinski definition) is 2. The van der Waals surface area contributed by atoms with Crippen LogP contribution in [0.2, 0.25) is 0 Å². The molecule has 1 aromatic rings. The largest absolute Gasteiger partial charge is 0.437 e. The predicted octanol–water partition coefficient (Wildman–Crippen LogP) is 2.30. The molecule has 1 saturated heterocycles. The molecule has 8 heteroatoms. The number of nitrogens with zero attached hydrogens (tertiary/aromatic N) is 1. The number of carbonyl (C=O) groups excluding carboxylic acids is 1. The molecule has 16 heavy (non-hydrogen) atoms. The van der Waals surface area contributed by atoms with Crippen LogP contribution in [0.25, 0.3) is 0 Å². The zero-order valence-electron chi connectivity index (χ0n) is 7.53. The van der Waals surface area contributed by atoms with Crippen molar-refractivity contribution < 1.29 is 14.7 Å². The highest BCUT2D eigenvalue weighted by Gasteiger charge is 2.50. The molecular formula is C8H4I2N2O3S. The van der Waals surface area contributed by atoms with Crippen molar-refractivity contribution in [2.45, 2.75) is 12.1 Å². The monoisotopic (exact) mass is 462 g/mol. The van der Waals surface area contributed by atoms with Gasteiger partial charge in [-0.3, -0.25) is 0 Å². The summed E-state index contributed by atoms with van der Waals surface area (Å²) in [5.74, 6) is 0. The van der Waals surface area contributed by atoms with Gasteiger partial charge in [0, 0.05) is 11.1 Å². The maximum absolute atomic E-state index is 11.2. The Morgan fingerprint density at radius 1 is 1.44 bits per heavy atom. The van der Waals surface area contributed by atoms with Gasteiger partial charge in [-0.2, -0.15) is 0 Å². The van der Waals surface area contributed by atoms with Crippen molar-refractivity contribution in [2.75, 3.05) is 0 Å².